The second kappa shape index (κ2) is 7.47. The van der Waals surface area contributed by atoms with E-state index in [1.54, 1.807) is 0 Å². The van der Waals surface area contributed by atoms with Crippen molar-refractivity contribution in [2.24, 2.45) is 0 Å². The number of aliphatic carboxylic acids is 1. The van der Waals surface area contributed by atoms with Gasteiger partial charge in [0.1, 0.15) is 5.60 Å². The van der Waals surface area contributed by atoms with E-state index in [1.165, 1.54) is 33.4 Å². The average Bonchev–Trinajstić information content (AvgIpc) is 2.37. The molecule has 0 saturated heterocycles. The van der Waals surface area contributed by atoms with Crippen molar-refractivity contribution in [2.75, 3.05) is 7.11 Å². The number of esters is 2. The van der Waals surface area contributed by atoms with Gasteiger partial charge in [-0.05, 0) is 13.8 Å². The van der Waals surface area contributed by atoms with E-state index in [1.807, 2.05) is 0 Å². The minimum absolute atomic E-state index is 0. The maximum absolute atomic E-state index is 11.8. The molecule has 0 saturated carbocycles. The summed E-state index contributed by atoms with van der Waals surface area (Å²) in [6.07, 6.45) is 2.73. The molecule has 0 aliphatic carbocycles. The number of carboxylic acids is 1. The van der Waals surface area contributed by atoms with Crippen LogP contribution in [0.2, 0.25) is 0 Å². The fourth-order valence-corrected chi connectivity index (χ4v) is 1.28. The first-order valence-electron chi connectivity index (χ1n) is 5.45. The van der Waals surface area contributed by atoms with Gasteiger partial charge in [-0.15, -0.1) is 0 Å². The largest absolute Gasteiger partial charge is 1.00 e. The molecule has 0 amide bonds. The Hall–Kier alpha value is -1.31. The van der Waals surface area contributed by atoms with Gasteiger partial charge in [0.2, 0.25) is 0 Å². The predicted octanol–water partition coefficient (Wildman–Crippen LogP) is -4.00. The molecule has 1 heterocycles. The summed E-state index contributed by atoms with van der Waals surface area (Å²) in [4.78, 5) is 33.8. The van der Waals surface area contributed by atoms with E-state index < -0.39 is 23.5 Å². The number of carboxylic acid groups (broad SMARTS) is 1. The Balaban J connectivity index is 0.00000361. The van der Waals surface area contributed by atoms with Crippen molar-refractivity contribution in [3.8, 4) is 0 Å². The molecule has 0 atom stereocenters. The van der Waals surface area contributed by atoms with Gasteiger partial charge in [-0.1, -0.05) is 0 Å². The van der Waals surface area contributed by atoms with E-state index in [-0.39, 0.29) is 47.1 Å². The third-order valence-corrected chi connectivity index (χ3v) is 2.45. The van der Waals surface area contributed by atoms with Crippen LogP contribution in [-0.4, -0.2) is 30.6 Å². The van der Waals surface area contributed by atoms with Gasteiger partial charge in [-0.25, -0.2) is 9.59 Å². The van der Waals surface area contributed by atoms with Crippen molar-refractivity contribution in [1.82, 2.24) is 5.32 Å². The molecule has 0 bridgehead atoms. The quantitative estimate of drug-likeness (QED) is 0.416. The Kier molecular flexibility index (Phi) is 6.98. The zero-order valence-corrected chi connectivity index (χ0v) is 13.8. The molecular formula is C12H14NNaO6. The van der Waals surface area contributed by atoms with E-state index >= 15 is 0 Å². The standard InChI is InChI=1S/C12H15NO6.Na/c1-12(2,11(16)17)19-10(15)8-4-7(5-13-6-8)9(14)18-3;/h5-6,13H,4H2,1-3H3,(H,16,17);/q;+1/p-1. The molecule has 104 valence electrons. The first kappa shape index (κ1) is 18.7. The number of nitrogens with one attached hydrogen (secondary N) is 1. The summed E-state index contributed by atoms with van der Waals surface area (Å²) < 4.78 is 9.34. The third-order valence-electron chi connectivity index (χ3n) is 2.45. The van der Waals surface area contributed by atoms with E-state index in [2.05, 4.69) is 10.1 Å². The van der Waals surface area contributed by atoms with Crippen LogP contribution in [0.5, 0.6) is 0 Å². The maximum Gasteiger partial charge on any atom is 1.00 e. The van der Waals surface area contributed by atoms with Crippen molar-refractivity contribution < 1.29 is 58.5 Å². The van der Waals surface area contributed by atoms with Gasteiger partial charge in [0, 0.05) is 18.8 Å². The van der Waals surface area contributed by atoms with Crippen LogP contribution in [0.25, 0.3) is 0 Å². The molecule has 0 radical (unpaired) electrons. The SMILES string of the molecule is COC(=O)C1=CNC=C(C(=O)OC(C)(C)C(=O)[O-])C1.[Na+]. The van der Waals surface area contributed by atoms with Crippen molar-refractivity contribution in [3.63, 3.8) is 0 Å². The van der Waals surface area contributed by atoms with E-state index in [0.29, 0.717) is 0 Å². The van der Waals surface area contributed by atoms with Crippen LogP contribution in [0.3, 0.4) is 0 Å². The molecule has 0 spiro atoms. The number of hydrogen-bond acceptors (Lipinski definition) is 7. The minimum Gasteiger partial charge on any atom is -0.546 e. The molecule has 0 aromatic rings. The normalized spacial score (nSPS) is 13.9. The molecule has 1 aliphatic rings. The molecule has 7 nitrogen and oxygen atoms in total. The summed E-state index contributed by atoms with van der Waals surface area (Å²) in [6, 6.07) is 0. The molecule has 8 heteroatoms. The van der Waals surface area contributed by atoms with Crippen LogP contribution in [0.4, 0.5) is 0 Å². The molecular weight excluding hydrogens is 277 g/mol. The Labute approximate surface area is 138 Å². The summed E-state index contributed by atoms with van der Waals surface area (Å²) in [5.41, 5.74) is -1.38. The second-order valence-electron chi connectivity index (χ2n) is 4.36. The number of carbonyl (C=O) groups is 3. The summed E-state index contributed by atoms with van der Waals surface area (Å²) in [5, 5.41) is 13.4. The van der Waals surface area contributed by atoms with E-state index in [4.69, 9.17) is 4.74 Å². The number of hydrogen-bond donors (Lipinski definition) is 1. The number of methoxy groups -OCH3 is 1. The van der Waals surface area contributed by atoms with Gasteiger partial charge in [-0.3, -0.25) is 0 Å². The number of rotatable bonds is 4. The smallest absolute Gasteiger partial charge is 0.546 e. The molecule has 1 rings (SSSR count). The average molecular weight is 291 g/mol. The first-order valence-corrected chi connectivity index (χ1v) is 5.45. The molecule has 20 heavy (non-hydrogen) atoms. The molecule has 0 aromatic heterocycles. The van der Waals surface area contributed by atoms with Crippen molar-refractivity contribution in [1.29, 1.82) is 0 Å². The molecule has 0 unspecified atom stereocenters. The Morgan fingerprint density at radius 3 is 2.15 bits per heavy atom. The van der Waals surface area contributed by atoms with Gasteiger partial charge in [0.15, 0.2) is 0 Å². The zero-order chi connectivity index (χ0) is 14.6. The predicted molar refractivity (Wildman–Crippen MR) is 61.1 cm³/mol. The Bertz CT molecular complexity index is 480. The summed E-state index contributed by atoms with van der Waals surface area (Å²) in [7, 11) is 1.22. The summed E-state index contributed by atoms with van der Waals surface area (Å²) >= 11 is 0. The minimum atomic E-state index is -1.75. The molecule has 0 fully saturated rings. The summed E-state index contributed by atoms with van der Waals surface area (Å²) in [6.45, 7) is 2.40. The second-order valence-corrected chi connectivity index (χ2v) is 4.36. The number of carbonyl (C=O) groups excluding carboxylic acids is 3. The number of dihydropyridines is 1. The van der Waals surface area contributed by atoms with E-state index in [0.717, 1.165) is 0 Å². The van der Waals surface area contributed by atoms with Crippen LogP contribution in [0.15, 0.2) is 23.5 Å². The van der Waals surface area contributed by atoms with Crippen LogP contribution in [-0.2, 0) is 23.9 Å². The van der Waals surface area contributed by atoms with Gasteiger partial charge < -0.3 is 24.7 Å². The van der Waals surface area contributed by atoms with E-state index in [9.17, 15) is 19.5 Å². The van der Waals surface area contributed by atoms with Crippen LogP contribution >= 0.6 is 0 Å². The van der Waals surface area contributed by atoms with Crippen molar-refractivity contribution in [2.45, 2.75) is 25.9 Å². The van der Waals surface area contributed by atoms with Gasteiger partial charge in [0.25, 0.3) is 0 Å². The van der Waals surface area contributed by atoms with Crippen LogP contribution < -0.4 is 40.0 Å². The number of ether oxygens (including phenoxy) is 2. The van der Waals surface area contributed by atoms with Gasteiger partial charge in [0.05, 0.1) is 24.2 Å². The summed E-state index contributed by atoms with van der Waals surface area (Å²) in [5.74, 6) is -2.92. The fourth-order valence-electron chi connectivity index (χ4n) is 1.28. The maximum atomic E-state index is 11.8. The zero-order valence-electron chi connectivity index (χ0n) is 11.8. The third kappa shape index (κ3) is 4.66. The Morgan fingerprint density at radius 2 is 1.70 bits per heavy atom. The first-order chi connectivity index (χ1) is 8.77. The molecule has 1 N–H and O–H groups in total. The van der Waals surface area contributed by atoms with Gasteiger partial charge in [-0.2, -0.15) is 0 Å². The van der Waals surface area contributed by atoms with Crippen molar-refractivity contribution in [3.05, 3.63) is 23.5 Å². The van der Waals surface area contributed by atoms with Crippen LogP contribution in [0, 0.1) is 0 Å². The monoisotopic (exact) mass is 291 g/mol. The molecule has 1 aliphatic heterocycles. The van der Waals surface area contributed by atoms with Crippen molar-refractivity contribution >= 4 is 17.9 Å². The topological polar surface area (TPSA) is 105 Å². The fraction of sp³-hybridized carbons (Fsp3) is 0.417. The molecule has 0 aromatic carbocycles. The Morgan fingerprint density at radius 1 is 1.20 bits per heavy atom. The van der Waals surface area contributed by atoms with Gasteiger partial charge >= 0.3 is 41.5 Å². The van der Waals surface area contributed by atoms with Crippen LogP contribution in [0.1, 0.15) is 20.3 Å².